The maximum absolute atomic E-state index is 4.31. The number of nitrogens with zero attached hydrogens (tertiary/aromatic N) is 1. The van der Waals surface area contributed by atoms with Crippen LogP contribution in [0.15, 0.2) is 17.0 Å². The first-order valence-electron chi connectivity index (χ1n) is 5.34. The highest BCUT2D eigenvalue weighted by Crippen LogP contribution is 2.21. The fraction of sp³-hybridized carbons (Fsp3) is 0.417. The summed E-state index contributed by atoms with van der Waals surface area (Å²) in [6.45, 7) is 7.42. The Kier molecular flexibility index (Phi) is 3.74. The molecule has 0 spiro atoms. The van der Waals surface area contributed by atoms with Crippen molar-refractivity contribution in [3.63, 3.8) is 0 Å². The minimum absolute atomic E-state index is 0.328. The Morgan fingerprint density at radius 2 is 2.25 bits per heavy atom. The Morgan fingerprint density at radius 3 is 2.81 bits per heavy atom. The van der Waals surface area contributed by atoms with Crippen LogP contribution >= 0.6 is 22.7 Å². The third kappa shape index (κ3) is 2.70. The molecular formula is C12H16N2S2. The van der Waals surface area contributed by atoms with E-state index in [2.05, 4.69) is 42.5 Å². The number of nitrogens with one attached hydrogen (secondary N) is 1. The van der Waals surface area contributed by atoms with E-state index < -0.39 is 0 Å². The molecule has 86 valence electrons. The third-order valence-electron chi connectivity index (χ3n) is 2.69. The van der Waals surface area contributed by atoms with Gasteiger partial charge in [0.05, 0.1) is 11.2 Å². The van der Waals surface area contributed by atoms with E-state index in [1.807, 2.05) is 16.8 Å². The van der Waals surface area contributed by atoms with E-state index in [0.29, 0.717) is 6.04 Å². The van der Waals surface area contributed by atoms with Gasteiger partial charge in [-0.3, -0.25) is 0 Å². The molecule has 2 nitrogen and oxygen atoms in total. The largest absolute Gasteiger partial charge is 0.304 e. The molecule has 16 heavy (non-hydrogen) atoms. The van der Waals surface area contributed by atoms with Crippen molar-refractivity contribution in [2.45, 2.75) is 33.4 Å². The number of aromatic nitrogens is 1. The molecule has 0 saturated heterocycles. The Hall–Kier alpha value is -0.710. The normalized spacial score (nSPS) is 12.9. The van der Waals surface area contributed by atoms with E-state index in [-0.39, 0.29) is 0 Å². The summed E-state index contributed by atoms with van der Waals surface area (Å²) in [6, 6.07) is 2.59. The van der Waals surface area contributed by atoms with Crippen LogP contribution in [-0.4, -0.2) is 4.98 Å². The Balaban J connectivity index is 1.92. The molecule has 0 aliphatic rings. The van der Waals surface area contributed by atoms with Crippen LogP contribution < -0.4 is 5.32 Å². The van der Waals surface area contributed by atoms with Crippen molar-refractivity contribution in [1.82, 2.24) is 10.3 Å². The molecular weight excluding hydrogens is 236 g/mol. The smallest absolute Gasteiger partial charge is 0.0795 e. The molecule has 0 amide bonds. The SMILES string of the molecule is Cc1cc(CNC(C)c2cscn2)sc1C. The second kappa shape index (κ2) is 5.08. The predicted octanol–water partition coefficient (Wildman–Crippen LogP) is 3.67. The second-order valence-electron chi connectivity index (χ2n) is 3.97. The highest BCUT2D eigenvalue weighted by atomic mass is 32.1. The summed E-state index contributed by atoms with van der Waals surface area (Å²) in [7, 11) is 0. The Bertz CT molecular complexity index is 426. The zero-order valence-corrected chi connectivity index (χ0v) is 11.4. The summed E-state index contributed by atoms with van der Waals surface area (Å²) >= 11 is 3.52. The topological polar surface area (TPSA) is 24.9 Å². The van der Waals surface area contributed by atoms with Gasteiger partial charge in [-0.1, -0.05) is 0 Å². The van der Waals surface area contributed by atoms with E-state index in [9.17, 15) is 0 Å². The molecule has 0 saturated carbocycles. The molecule has 1 N–H and O–H groups in total. The van der Waals surface area contributed by atoms with Crippen LogP contribution in [0.4, 0.5) is 0 Å². The number of aryl methyl sites for hydroxylation is 2. The van der Waals surface area contributed by atoms with Gasteiger partial charge < -0.3 is 5.32 Å². The molecule has 4 heteroatoms. The summed E-state index contributed by atoms with van der Waals surface area (Å²) in [6.07, 6.45) is 0. The van der Waals surface area contributed by atoms with Crippen LogP contribution in [0.5, 0.6) is 0 Å². The van der Waals surface area contributed by atoms with Crippen LogP contribution in [0, 0.1) is 13.8 Å². The molecule has 0 fully saturated rings. The van der Waals surface area contributed by atoms with Crippen molar-refractivity contribution >= 4 is 22.7 Å². The average Bonchev–Trinajstić information content (AvgIpc) is 2.86. The lowest BCUT2D eigenvalue weighted by molar-refractivity contribution is 0.568. The van der Waals surface area contributed by atoms with Crippen LogP contribution in [0.3, 0.4) is 0 Å². The zero-order valence-electron chi connectivity index (χ0n) is 9.78. The standard InChI is InChI=1S/C12H16N2S2/c1-8-4-11(16-10(8)3)5-13-9(2)12-6-15-7-14-12/h4,6-7,9,13H,5H2,1-3H3. The Labute approximate surface area is 104 Å². The molecule has 0 bridgehead atoms. The third-order valence-corrected chi connectivity index (χ3v) is 4.45. The lowest BCUT2D eigenvalue weighted by atomic mass is 10.2. The van der Waals surface area contributed by atoms with Gasteiger partial charge in [-0.15, -0.1) is 22.7 Å². The molecule has 0 radical (unpaired) electrons. The zero-order chi connectivity index (χ0) is 11.5. The van der Waals surface area contributed by atoms with Crippen LogP contribution in [0.1, 0.15) is 34.0 Å². The highest BCUT2D eigenvalue weighted by molar-refractivity contribution is 7.12. The van der Waals surface area contributed by atoms with Gasteiger partial charge in [-0.25, -0.2) is 4.98 Å². The first-order valence-corrected chi connectivity index (χ1v) is 7.10. The van der Waals surface area contributed by atoms with Gasteiger partial charge in [-0.2, -0.15) is 0 Å². The molecule has 2 heterocycles. The van der Waals surface area contributed by atoms with Gasteiger partial charge in [0.2, 0.25) is 0 Å². The van der Waals surface area contributed by atoms with Crippen molar-refractivity contribution in [3.05, 3.63) is 38.0 Å². The summed E-state index contributed by atoms with van der Waals surface area (Å²) in [5.41, 5.74) is 4.41. The fourth-order valence-electron chi connectivity index (χ4n) is 1.53. The van der Waals surface area contributed by atoms with Crippen LogP contribution in [-0.2, 0) is 6.54 Å². The quantitative estimate of drug-likeness (QED) is 0.898. The van der Waals surface area contributed by atoms with E-state index in [1.165, 1.54) is 15.3 Å². The number of thiophene rings is 1. The van der Waals surface area contributed by atoms with E-state index in [1.54, 1.807) is 11.3 Å². The second-order valence-corrected chi connectivity index (χ2v) is 6.03. The molecule has 2 aromatic rings. The lowest BCUT2D eigenvalue weighted by Crippen LogP contribution is -2.17. The van der Waals surface area contributed by atoms with Crippen molar-refractivity contribution < 1.29 is 0 Å². The first-order chi connectivity index (χ1) is 7.66. The molecule has 1 atom stereocenters. The van der Waals surface area contributed by atoms with Gasteiger partial charge in [-0.05, 0) is 32.4 Å². The van der Waals surface area contributed by atoms with E-state index >= 15 is 0 Å². The van der Waals surface area contributed by atoms with Crippen molar-refractivity contribution in [2.24, 2.45) is 0 Å². The fourth-order valence-corrected chi connectivity index (χ4v) is 3.18. The van der Waals surface area contributed by atoms with E-state index in [0.717, 1.165) is 12.2 Å². The minimum Gasteiger partial charge on any atom is -0.304 e. The average molecular weight is 252 g/mol. The van der Waals surface area contributed by atoms with Crippen molar-refractivity contribution in [1.29, 1.82) is 0 Å². The lowest BCUT2D eigenvalue weighted by Gasteiger charge is -2.09. The molecule has 2 aromatic heterocycles. The summed E-state index contributed by atoms with van der Waals surface area (Å²) < 4.78 is 0. The molecule has 0 aliphatic carbocycles. The molecule has 1 unspecified atom stereocenters. The molecule has 0 aromatic carbocycles. The van der Waals surface area contributed by atoms with Gasteiger partial charge in [0.25, 0.3) is 0 Å². The summed E-state index contributed by atoms with van der Waals surface area (Å²) in [5, 5.41) is 5.60. The van der Waals surface area contributed by atoms with Gasteiger partial charge in [0, 0.05) is 27.7 Å². The van der Waals surface area contributed by atoms with E-state index in [4.69, 9.17) is 0 Å². The monoisotopic (exact) mass is 252 g/mol. The van der Waals surface area contributed by atoms with Gasteiger partial charge in [0.15, 0.2) is 0 Å². The maximum Gasteiger partial charge on any atom is 0.0795 e. The van der Waals surface area contributed by atoms with Crippen LogP contribution in [0.25, 0.3) is 0 Å². The highest BCUT2D eigenvalue weighted by Gasteiger charge is 2.07. The summed E-state index contributed by atoms with van der Waals surface area (Å²) in [5.74, 6) is 0. The number of hydrogen-bond acceptors (Lipinski definition) is 4. The molecule has 2 rings (SSSR count). The van der Waals surface area contributed by atoms with Gasteiger partial charge >= 0.3 is 0 Å². The number of thiazole rings is 1. The van der Waals surface area contributed by atoms with Gasteiger partial charge in [0.1, 0.15) is 0 Å². The van der Waals surface area contributed by atoms with Crippen molar-refractivity contribution in [3.8, 4) is 0 Å². The number of hydrogen-bond donors (Lipinski definition) is 1. The maximum atomic E-state index is 4.31. The first kappa shape index (κ1) is 11.8. The molecule has 0 aliphatic heterocycles. The summed E-state index contributed by atoms with van der Waals surface area (Å²) in [4.78, 5) is 7.13. The van der Waals surface area contributed by atoms with Crippen LogP contribution in [0.2, 0.25) is 0 Å². The number of rotatable bonds is 4. The van der Waals surface area contributed by atoms with Crippen molar-refractivity contribution in [2.75, 3.05) is 0 Å². The predicted molar refractivity (Wildman–Crippen MR) is 71.2 cm³/mol. The minimum atomic E-state index is 0.328. The Morgan fingerprint density at radius 1 is 1.44 bits per heavy atom.